The number of ether oxygens (including phenoxy) is 3. The highest BCUT2D eigenvalue weighted by molar-refractivity contribution is 5.92. The molecule has 35 heavy (non-hydrogen) atoms. The molecule has 5 heteroatoms. The summed E-state index contributed by atoms with van der Waals surface area (Å²) in [7, 11) is 0. The van der Waals surface area contributed by atoms with Crippen LogP contribution in [0.2, 0.25) is 0 Å². The van der Waals surface area contributed by atoms with Gasteiger partial charge in [0.15, 0.2) is 0 Å². The summed E-state index contributed by atoms with van der Waals surface area (Å²) in [6.45, 7) is 9.07. The number of rotatable bonds is 17. The van der Waals surface area contributed by atoms with Crippen LogP contribution < -0.4 is 9.47 Å². The van der Waals surface area contributed by atoms with Crippen LogP contribution in [0.4, 0.5) is 0 Å². The number of allylic oxidation sites excluding steroid dienone is 1. The highest BCUT2D eigenvalue weighted by Gasteiger charge is 2.12. The second kappa shape index (κ2) is 16.5. The zero-order valence-corrected chi connectivity index (χ0v) is 21.3. The predicted molar refractivity (Wildman–Crippen MR) is 140 cm³/mol. The van der Waals surface area contributed by atoms with Crippen LogP contribution in [0.25, 0.3) is 0 Å². The van der Waals surface area contributed by atoms with E-state index in [1.807, 2.05) is 6.08 Å². The summed E-state index contributed by atoms with van der Waals surface area (Å²) < 4.78 is 16.5. The van der Waals surface area contributed by atoms with Crippen LogP contribution in [-0.2, 0) is 4.74 Å². The Kier molecular flexibility index (Phi) is 13.3. The summed E-state index contributed by atoms with van der Waals surface area (Å²) in [5, 5.41) is 0. The Labute approximate surface area is 210 Å². The fourth-order valence-corrected chi connectivity index (χ4v) is 3.44. The third-order valence-corrected chi connectivity index (χ3v) is 6.00. The largest absolute Gasteiger partial charge is 0.494 e. The van der Waals surface area contributed by atoms with Gasteiger partial charge in [-0.15, -0.1) is 6.58 Å². The van der Waals surface area contributed by atoms with Gasteiger partial charge in [-0.25, -0.2) is 9.59 Å². The maximum absolute atomic E-state index is 12.4. The van der Waals surface area contributed by atoms with E-state index in [0.29, 0.717) is 36.0 Å². The Morgan fingerprint density at radius 1 is 0.800 bits per heavy atom. The molecule has 0 bridgehead atoms. The molecule has 0 heterocycles. The number of hydrogen-bond acceptors (Lipinski definition) is 5. The molecule has 0 aliphatic carbocycles. The van der Waals surface area contributed by atoms with Crippen LogP contribution in [0, 0.1) is 5.92 Å². The van der Waals surface area contributed by atoms with Crippen molar-refractivity contribution in [3.8, 4) is 11.5 Å². The van der Waals surface area contributed by atoms with Gasteiger partial charge in [0.2, 0.25) is 0 Å². The summed E-state index contributed by atoms with van der Waals surface area (Å²) in [6.07, 6.45) is 12.2. The molecule has 0 amide bonds. The molecular weight excluding hydrogens is 440 g/mol. The Morgan fingerprint density at radius 2 is 1.37 bits per heavy atom. The fraction of sp³-hybridized carbons (Fsp3) is 0.467. The third-order valence-electron chi connectivity index (χ3n) is 6.00. The molecule has 5 nitrogen and oxygen atoms in total. The number of hydrogen-bond donors (Lipinski definition) is 0. The van der Waals surface area contributed by atoms with Crippen LogP contribution in [0.15, 0.2) is 61.2 Å². The van der Waals surface area contributed by atoms with Crippen molar-refractivity contribution in [1.29, 1.82) is 0 Å². The zero-order chi connectivity index (χ0) is 25.3. The molecule has 2 aromatic rings. The van der Waals surface area contributed by atoms with E-state index in [1.165, 1.54) is 25.7 Å². The average Bonchev–Trinajstić information content (AvgIpc) is 2.88. The molecule has 0 aliphatic rings. The van der Waals surface area contributed by atoms with E-state index in [1.54, 1.807) is 48.5 Å². The first kappa shape index (κ1) is 28.2. The Hall–Kier alpha value is -3.08. The molecule has 2 aromatic carbocycles. The van der Waals surface area contributed by atoms with E-state index in [2.05, 4.69) is 20.4 Å². The van der Waals surface area contributed by atoms with E-state index >= 15 is 0 Å². The van der Waals surface area contributed by atoms with Gasteiger partial charge in [0.25, 0.3) is 0 Å². The smallest absolute Gasteiger partial charge is 0.343 e. The lowest BCUT2D eigenvalue weighted by atomic mass is 10.1. The van der Waals surface area contributed by atoms with Crippen molar-refractivity contribution < 1.29 is 23.8 Å². The van der Waals surface area contributed by atoms with E-state index < -0.39 is 5.97 Å². The molecule has 190 valence electrons. The number of carbonyl (C=O) groups excluding carboxylic acids is 2. The molecule has 0 spiro atoms. The van der Waals surface area contributed by atoms with Crippen molar-refractivity contribution in [3.05, 3.63) is 72.3 Å². The van der Waals surface area contributed by atoms with Crippen LogP contribution in [0.1, 0.15) is 92.4 Å². The summed E-state index contributed by atoms with van der Waals surface area (Å²) in [4.78, 5) is 24.6. The topological polar surface area (TPSA) is 61.8 Å². The molecule has 2 rings (SSSR count). The van der Waals surface area contributed by atoms with Crippen LogP contribution in [0.3, 0.4) is 0 Å². The van der Waals surface area contributed by atoms with E-state index in [9.17, 15) is 9.59 Å². The summed E-state index contributed by atoms with van der Waals surface area (Å²) in [6, 6.07) is 13.4. The Morgan fingerprint density at radius 3 is 2.00 bits per heavy atom. The average molecular weight is 481 g/mol. The standard InChI is InChI=1S/C30H40O5/c1-4-6-7-8-9-10-11-12-22-33-27-17-13-26(14-18-27)30(32)35-28-19-15-25(16-20-28)29(31)34-23-21-24(3)5-2/h4,13-20,24H,1,5-12,21-23H2,2-3H3. The molecule has 1 unspecified atom stereocenters. The maximum atomic E-state index is 12.4. The first-order valence-corrected chi connectivity index (χ1v) is 12.9. The molecule has 1 atom stereocenters. The summed E-state index contributed by atoms with van der Waals surface area (Å²) in [5.41, 5.74) is 0.869. The van der Waals surface area contributed by atoms with Gasteiger partial charge < -0.3 is 14.2 Å². The maximum Gasteiger partial charge on any atom is 0.343 e. The second-order valence-electron chi connectivity index (χ2n) is 8.92. The fourth-order valence-electron chi connectivity index (χ4n) is 3.44. The molecule has 0 aliphatic heterocycles. The molecule has 0 radical (unpaired) electrons. The normalized spacial score (nSPS) is 11.5. The van der Waals surface area contributed by atoms with Gasteiger partial charge in [0.05, 0.1) is 24.3 Å². The second-order valence-corrected chi connectivity index (χ2v) is 8.92. The summed E-state index contributed by atoms with van der Waals surface area (Å²) >= 11 is 0. The molecule has 0 saturated heterocycles. The van der Waals surface area contributed by atoms with Crippen molar-refractivity contribution in [1.82, 2.24) is 0 Å². The minimum absolute atomic E-state index is 0.370. The molecule has 0 aromatic heterocycles. The number of carbonyl (C=O) groups is 2. The van der Waals surface area contributed by atoms with E-state index in [-0.39, 0.29) is 5.97 Å². The Bertz CT molecular complexity index is 886. The van der Waals surface area contributed by atoms with E-state index in [4.69, 9.17) is 14.2 Å². The van der Waals surface area contributed by atoms with Gasteiger partial charge >= 0.3 is 11.9 Å². The van der Waals surface area contributed by atoms with Gasteiger partial charge in [0, 0.05) is 0 Å². The lowest BCUT2D eigenvalue weighted by Crippen LogP contribution is -2.10. The van der Waals surface area contributed by atoms with Crippen LogP contribution in [0.5, 0.6) is 11.5 Å². The lowest BCUT2D eigenvalue weighted by molar-refractivity contribution is 0.0484. The highest BCUT2D eigenvalue weighted by Crippen LogP contribution is 2.18. The van der Waals surface area contributed by atoms with Crippen molar-refractivity contribution >= 4 is 11.9 Å². The van der Waals surface area contributed by atoms with Crippen molar-refractivity contribution in [2.45, 2.75) is 71.6 Å². The first-order valence-electron chi connectivity index (χ1n) is 12.9. The number of unbranched alkanes of at least 4 members (excludes halogenated alkanes) is 6. The number of esters is 2. The highest BCUT2D eigenvalue weighted by atomic mass is 16.5. The van der Waals surface area contributed by atoms with Gasteiger partial charge in [-0.2, -0.15) is 0 Å². The van der Waals surface area contributed by atoms with E-state index in [0.717, 1.165) is 37.9 Å². The predicted octanol–water partition coefficient (Wildman–Crippen LogP) is 7.79. The van der Waals surface area contributed by atoms with Crippen molar-refractivity contribution in [3.63, 3.8) is 0 Å². The van der Waals surface area contributed by atoms with Gasteiger partial charge in [-0.05, 0) is 80.1 Å². The molecule has 0 saturated carbocycles. The van der Waals surface area contributed by atoms with Gasteiger partial charge in [-0.1, -0.05) is 52.0 Å². The quantitative estimate of drug-likeness (QED) is 0.100. The first-order chi connectivity index (χ1) is 17.0. The van der Waals surface area contributed by atoms with Crippen LogP contribution in [-0.4, -0.2) is 25.2 Å². The molecular formula is C30H40O5. The third kappa shape index (κ3) is 11.3. The monoisotopic (exact) mass is 480 g/mol. The minimum atomic E-state index is -0.461. The molecule has 0 fully saturated rings. The van der Waals surface area contributed by atoms with Gasteiger partial charge in [-0.3, -0.25) is 0 Å². The molecule has 0 N–H and O–H groups in total. The Balaban J connectivity index is 1.69. The summed E-state index contributed by atoms with van der Waals surface area (Å²) in [5.74, 6) is 0.805. The van der Waals surface area contributed by atoms with Crippen molar-refractivity contribution in [2.24, 2.45) is 5.92 Å². The lowest BCUT2D eigenvalue weighted by Gasteiger charge is -2.10. The zero-order valence-electron chi connectivity index (χ0n) is 21.3. The van der Waals surface area contributed by atoms with Crippen LogP contribution >= 0.6 is 0 Å². The minimum Gasteiger partial charge on any atom is -0.494 e. The number of benzene rings is 2. The van der Waals surface area contributed by atoms with Crippen molar-refractivity contribution in [2.75, 3.05) is 13.2 Å². The SMILES string of the molecule is C=CCCCCCCCCOc1ccc(C(=O)Oc2ccc(C(=O)OCCC(C)CC)cc2)cc1. The van der Waals surface area contributed by atoms with Gasteiger partial charge in [0.1, 0.15) is 11.5 Å².